The van der Waals surface area contributed by atoms with Gasteiger partial charge < -0.3 is 19.7 Å². The summed E-state index contributed by atoms with van der Waals surface area (Å²) < 4.78 is 40.4. The molecule has 1 aliphatic heterocycles. The van der Waals surface area contributed by atoms with Gasteiger partial charge in [0.2, 0.25) is 0 Å². The molecule has 0 bridgehead atoms. The second kappa shape index (κ2) is 10.3. The summed E-state index contributed by atoms with van der Waals surface area (Å²) in [5.41, 5.74) is -0.863. The first-order chi connectivity index (χ1) is 15.5. The zero-order valence-electron chi connectivity index (χ0n) is 21.0. The van der Waals surface area contributed by atoms with Crippen LogP contribution in [0.4, 0.5) is 15.3 Å². The van der Waals surface area contributed by atoms with Crippen LogP contribution in [-0.4, -0.2) is 67.9 Å². The van der Waals surface area contributed by atoms with Gasteiger partial charge in [0.05, 0.1) is 12.3 Å². The van der Waals surface area contributed by atoms with Crippen LogP contribution in [0.15, 0.2) is 24.5 Å². The van der Waals surface area contributed by atoms with Gasteiger partial charge in [-0.15, -0.1) is 0 Å². The average molecular weight is 501 g/mol. The molecule has 11 nitrogen and oxygen atoms in total. The van der Waals surface area contributed by atoms with Crippen LogP contribution in [0, 0.1) is 5.92 Å². The fourth-order valence-electron chi connectivity index (χ4n) is 3.61. The molecule has 1 aliphatic rings. The minimum Gasteiger partial charge on any atom is -0.444 e. The maximum absolute atomic E-state index is 12.8. The van der Waals surface area contributed by atoms with Crippen LogP contribution in [0.1, 0.15) is 48.5 Å². The number of ether oxygens (including phenoxy) is 2. The highest BCUT2D eigenvalue weighted by atomic mass is 32.2. The summed E-state index contributed by atoms with van der Waals surface area (Å²) in [5, 5.41) is 5.50. The van der Waals surface area contributed by atoms with Crippen LogP contribution in [0.25, 0.3) is 0 Å². The highest BCUT2D eigenvalue weighted by Crippen LogP contribution is 2.30. The Morgan fingerprint density at radius 1 is 1.00 bits per heavy atom. The number of rotatable bonds is 5. The summed E-state index contributed by atoms with van der Waals surface area (Å²) in [4.78, 5) is 31.4. The summed E-state index contributed by atoms with van der Waals surface area (Å²) in [7, 11) is -3.89. The molecule has 0 aliphatic carbocycles. The number of carbonyl (C=O) groups excluding carboxylic acids is 2. The van der Waals surface area contributed by atoms with Crippen molar-refractivity contribution in [3.05, 3.63) is 24.5 Å². The Morgan fingerprint density at radius 3 is 1.97 bits per heavy atom. The summed E-state index contributed by atoms with van der Waals surface area (Å²) in [6.45, 7) is 12.4. The van der Waals surface area contributed by atoms with Crippen molar-refractivity contribution in [1.82, 2.24) is 15.6 Å². The largest absolute Gasteiger partial charge is 0.444 e. The minimum absolute atomic E-state index is 0.317. The van der Waals surface area contributed by atoms with E-state index in [1.54, 1.807) is 73.0 Å². The number of hydrogen-bond donors (Lipinski definition) is 2. The summed E-state index contributed by atoms with van der Waals surface area (Å²) in [5.74, 6) is -0.362. The molecular formula is C22H36N4O7S. The fourth-order valence-corrected chi connectivity index (χ4v) is 4.33. The lowest BCUT2D eigenvalue weighted by atomic mass is 9.89. The number of nitrogens with one attached hydrogen (secondary N) is 2. The minimum atomic E-state index is -3.89. The molecule has 0 aromatic carbocycles. The summed E-state index contributed by atoms with van der Waals surface area (Å²) >= 11 is 0. The van der Waals surface area contributed by atoms with E-state index in [2.05, 4.69) is 15.6 Å². The van der Waals surface area contributed by atoms with Crippen molar-refractivity contribution in [2.24, 2.45) is 5.92 Å². The Morgan fingerprint density at radius 2 is 1.50 bits per heavy atom. The van der Waals surface area contributed by atoms with Gasteiger partial charge in [-0.2, -0.15) is 8.42 Å². The number of pyridine rings is 1. The van der Waals surface area contributed by atoms with Gasteiger partial charge in [-0.3, -0.25) is 14.5 Å². The standard InChI is InChI=1S/C22H36N4O7S/c1-14-13-26(15-9-11-23-12-10-15)18(25-20(28)32-22(5,6)7)16(17(14)33-34(8,29)30)24-19(27)31-21(2,3)4/h9-12,14,16-18H,13H2,1-8H3,(H,24,27)(H,25,28). The van der Waals surface area contributed by atoms with Crippen molar-refractivity contribution in [2.75, 3.05) is 17.7 Å². The summed E-state index contributed by atoms with van der Waals surface area (Å²) in [6, 6.07) is 2.49. The number of piperidine rings is 1. The molecule has 2 N–H and O–H groups in total. The second-order valence-corrected chi connectivity index (χ2v) is 12.0. The Hall–Kier alpha value is -2.60. The molecule has 2 heterocycles. The molecule has 2 rings (SSSR count). The van der Waals surface area contributed by atoms with E-state index < -0.39 is 51.8 Å². The molecule has 1 saturated heterocycles. The Bertz CT molecular complexity index is 958. The van der Waals surface area contributed by atoms with Crippen LogP contribution < -0.4 is 15.5 Å². The molecule has 0 radical (unpaired) electrons. The molecule has 1 fully saturated rings. The fraction of sp³-hybridized carbons (Fsp3) is 0.682. The van der Waals surface area contributed by atoms with Gasteiger partial charge in [0.25, 0.3) is 10.1 Å². The highest BCUT2D eigenvalue weighted by molar-refractivity contribution is 7.86. The molecule has 1 aromatic rings. The third-order valence-electron chi connectivity index (χ3n) is 4.70. The van der Waals surface area contributed by atoms with Crippen LogP contribution in [0.3, 0.4) is 0 Å². The number of hydrogen-bond acceptors (Lipinski definition) is 9. The normalized spacial score (nSPS) is 23.7. The molecule has 4 unspecified atom stereocenters. The first-order valence-electron chi connectivity index (χ1n) is 11.0. The molecule has 0 spiro atoms. The zero-order valence-corrected chi connectivity index (χ0v) is 21.8. The molecule has 34 heavy (non-hydrogen) atoms. The van der Waals surface area contributed by atoms with Gasteiger partial charge >= 0.3 is 12.2 Å². The Labute approximate surface area is 201 Å². The van der Waals surface area contributed by atoms with Gasteiger partial charge in [-0.25, -0.2) is 9.59 Å². The van der Waals surface area contributed by atoms with E-state index in [4.69, 9.17) is 13.7 Å². The van der Waals surface area contributed by atoms with Crippen molar-refractivity contribution < 1.29 is 31.7 Å². The van der Waals surface area contributed by atoms with Crippen molar-refractivity contribution in [2.45, 2.75) is 78.0 Å². The number of alkyl carbamates (subject to hydrolysis) is 2. The molecule has 12 heteroatoms. The van der Waals surface area contributed by atoms with Gasteiger partial charge in [0, 0.05) is 30.5 Å². The number of carbonyl (C=O) groups is 2. The van der Waals surface area contributed by atoms with E-state index in [0.29, 0.717) is 12.2 Å². The molecule has 0 saturated carbocycles. The Balaban J connectivity index is 2.51. The summed E-state index contributed by atoms with van der Waals surface area (Å²) in [6.07, 6.45) is 0.711. The number of anilines is 1. The third kappa shape index (κ3) is 8.64. The van der Waals surface area contributed by atoms with E-state index in [0.717, 1.165) is 6.26 Å². The molecule has 2 amide bonds. The highest BCUT2D eigenvalue weighted by Gasteiger charge is 2.47. The first-order valence-corrected chi connectivity index (χ1v) is 12.8. The lowest BCUT2D eigenvalue weighted by molar-refractivity contribution is 0.0212. The Kier molecular flexibility index (Phi) is 8.41. The van der Waals surface area contributed by atoms with E-state index in [9.17, 15) is 18.0 Å². The maximum atomic E-state index is 12.8. The third-order valence-corrected chi connectivity index (χ3v) is 5.28. The number of aromatic nitrogens is 1. The van der Waals surface area contributed by atoms with E-state index >= 15 is 0 Å². The quantitative estimate of drug-likeness (QED) is 0.585. The van der Waals surface area contributed by atoms with Crippen LogP contribution >= 0.6 is 0 Å². The van der Waals surface area contributed by atoms with Crippen molar-refractivity contribution in [1.29, 1.82) is 0 Å². The van der Waals surface area contributed by atoms with E-state index in [1.807, 2.05) is 4.90 Å². The van der Waals surface area contributed by atoms with Crippen molar-refractivity contribution >= 4 is 28.0 Å². The van der Waals surface area contributed by atoms with E-state index in [1.165, 1.54) is 0 Å². The van der Waals surface area contributed by atoms with Gasteiger partial charge in [-0.05, 0) is 53.7 Å². The van der Waals surface area contributed by atoms with Gasteiger partial charge in [0.15, 0.2) is 0 Å². The van der Waals surface area contributed by atoms with Crippen LogP contribution in [0.5, 0.6) is 0 Å². The SMILES string of the molecule is CC1CN(c2ccncc2)C(NC(=O)OC(C)(C)C)C(NC(=O)OC(C)(C)C)C1OS(C)(=O)=O. The predicted molar refractivity (Wildman–Crippen MR) is 127 cm³/mol. The maximum Gasteiger partial charge on any atom is 0.409 e. The van der Waals surface area contributed by atoms with Crippen molar-refractivity contribution in [3.8, 4) is 0 Å². The monoisotopic (exact) mass is 500 g/mol. The predicted octanol–water partition coefficient (Wildman–Crippen LogP) is 2.63. The van der Waals surface area contributed by atoms with Crippen LogP contribution in [-0.2, 0) is 23.8 Å². The molecule has 1 aromatic heterocycles. The lowest BCUT2D eigenvalue weighted by Crippen LogP contribution is -2.70. The zero-order chi connectivity index (χ0) is 25.9. The lowest BCUT2D eigenvalue weighted by Gasteiger charge is -2.48. The molecule has 4 atom stereocenters. The van der Waals surface area contributed by atoms with Gasteiger partial charge in [0.1, 0.15) is 23.5 Å². The molecular weight excluding hydrogens is 464 g/mol. The number of amides is 2. The van der Waals surface area contributed by atoms with Gasteiger partial charge in [-0.1, -0.05) is 6.92 Å². The average Bonchev–Trinajstić information content (AvgIpc) is 2.63. The second-order valence-electron chi connectivity index (χ2n) is 10.4. The smallest absolute Gasteiger partial charge is 0.409 e. The molecule has 192 valence electrons. The van der Waals surface area contributed by atoms with E-state index in [-0.39, 0.29) is 5.92 Å². The van der Waals surface area contributed by atoms with Crippen LogP contribution in [0.2, 0.25) is 0 Å². The topological polar surface area (TPSA) is 136 Å². The number of nitrogens with zero attached hydrogens (tertiary/aromatic N) is 2. The first kappa shape index (κ1) is 27.6. The van der Waals surface area contributed by atoms with Crippen molar-refractivity contribution in [3.63, 3.8) is 0 Å².